The zero-order chi connectivity index (χ0) is 14.7. The first kappa shape index (κ1) is 14.3. The average Bonchev–Trinajstić information content (AvgIpc) is 2.83. The first-order valence-electron chi connectivity index (χ1n) is 9.75. The first-order chi connectivity index (χ1) is 10.1. The van der Waals surface area contributed by atoms with E-state index in [0.29, 0.717) is 10.8 Å². The van der Waals surface area contributed by atoms with Gasteiger partial charge in [0.05, 0.1) is 0 Å². The van der Waals surface area contributed by atoms with Crippen LogP contribution in [-0.4, -0.2) is 0 Å². The molecule has 4 aliphatic rings. The molecule has 0 heteroatoms. The van der Waals surface area contributed by atoms with Gasteiger partial charge < -0.3 is 0 Å². The minimum Gasteiger partial charge on any atom is -0.0879 e. The summed E-state index contributed by atoms with van der Waals surface area (Å²) in [6.07, 6.45) is 17.6. The van der Waals surface area contributed by atoms with Crippen LogP contribution in [0.3, 0.4) is 0 Å². The van der Waals surface area contributed by atoms with Crippen molar-refractivity contribution in [3.05, 3.63) is 11.6 Å². The fourth-order valence-corrected chi connectivity index (χ4v) is 7.62. The summed E-state index contributed by atoms with van der Waals surface area (Å²) < 4.78 is 0. The predicted molar refractivity (Wildman–Crippen MR) is 90.1 cm³/mol. The minimum absolute atomic E-state index is 0.577. The van der Waals surface area contributed by atoms with Gasteiger partial charge in [0.25, 0.3) is 0 Å². The third-order valence-corrected chi connectivity index (χ3v) is 8.78. The molecule has 0 bridgehead atoms. The zero-order valence-corrected chi connectivity index (χ0v) is 14.5. The second kappa shape index (κ2) is 4.87. The van der Waals surface area contributed by atoms with Crippen LogP contribution in [0.15, 0.2) is 11.6 Å². The summed E-state index contributed by atoms with van der Waals surface area (Å²) in [5.74, 6) is 4.20. The van der Waals surface area contributed by atoms with Gasteiger partial charge in [-0.3, -0.25) is 0 Å². The maximum atomic E-state index is 2.70. The van der Waals surface area contributed by atoms with Crippen LogP contribution in [-0.2, 0) is 0 Å². The molecular weight excluding hydrogens is 252 g/mol. The highest BCUT2D eigenvalue weighted by Crippen LogP contribution is 2.67. The van der Waals surface area contributed by atoms with Crippen molar-refractivity contribution in [3.8, 4) is 0 Å². The van der Waals surface area contributed by atoms with E-state index in [2.05, 4.69) is 26.8 Å². The molecular formula is C21H34. The van der Waals surface area contributed by atoms with E-state index in [1.54, 1.807) is 25.7 Å². The van der Waals surface area contributed by atoms with Crippen molar-refractivity contribution in [2.75, 3.05) is 0 Å². The van der Waals surface area contributed by atoms with Crippen LogP contribution in [0.25, 0.3) is 0 Å². The van der Waals surface area contributed by atoms with Crippen LogP contribution in [0.1, 0.15) is 85.0 Å². The Morgan fingerprint density at radius 2 is 1.76 bits per heavy atom. The third kappa shape index (κ3) is 1.86. The van der Waals surface area contributed by atoms with E-state index in [4.69, 9.17) is 0 Å². The molecule has 6 unspecified atom stereocenters. The Balaban J connectivity index is 1.66. The second-order valence-electron chi connectivity index (χ2n) is 9.21. The maximum absolute atomic E-state index is 2.70. The Morgan fingerprint density at radius 1 is 0.905 bits per heavy atom. The Kier molecular flexibility index (Phi) is 3.32. The number of hydrogen-bond acceptors (Lipinski definition) is 0. The summed E-state index contributed by atoms with van der Waals surface area (Å²) in [5, 5.41) is 0. The topological polar surface area (TPSA) is 0 Å². The first-order valence-corrected chi connectivity index (χ1v) is 9.75. The standard InChI is InChI=1S/C21H34/c1-4-15-9-11-18-17-10-8-16-7-5-6-13-20(16,2)19(17)12-14-21(15,18)3/h4,16-19H,5-14H2,1-3H3/b15-4+. The normalized spacial score (nSPS) is 54.9. The van der Waals surface area contributed by atoms with E-state index < -0.39 is 0 Å². The Bertz CT molecular complexity index is 447. The lowest BCUT2D eigenvalue weighted by Crippen LogP contribution is -2.52. The Hall–Kier alpha value is -0.260. The molecule has 0 aliphatic heterocycles. The van der Waals surface area contributed by atoms with Crippen LogP contribution < -0.4 is 0 Å². The second-order valence-corrected chi connectivity index (χ2v) is 9.21. The van der Waals surface area contributed by atoms with Crippen molar-refractivity contribution < 1.29 is 0 Å². The van der Waals surface area contributed by atoms with Crippen molar-refractivity contribution in [1.29, 1.82) is 0 Å². The van der Waals surface area contributed by atoms with E-state index in [-0.39, 0.29) is 0 Å². The Morgan fingerprint density at radius 3 is 2.57 bits per heavy atom. The van der Waals surface area contributed by atoms with Gasteiger partial charge in [0.15, 0.2) is 0 Å². The molecule has 4 fully saturated rings. The molecule has 4 aliphatic carbocycles. The SMILES string of the molecule is C/C=C1\CCC2C3CCC4CCCCC4(C)C3CCC12C. The fraction of sp³-hybridized carbons (Fsp3) is 0.905. The molecule has 0 aromatic heterocycles. The van der Waals surface area contributed by atoms with E-state index in [9.17, 15) is 0 Å². The van der Waals surface area contributed by atoms with Gasteiger partial charge in [-0.25, -0.2) is 0 Å². The molecule has 6 atom stereocenters. The molecule has 4 rings (SSSR count). The summed E-state index contributed by atoms with van der Waals surface area (Å²) in [6.45, 7) is 7.60. The summed E-state index contributed by atoms with van der Waals surface area (Å²) >= 11 is 0. The number of hydrogen-bond donors (Lipinski definition) is 0. The van der Waals surface area contributed by atoms with Gasteiger partial charge in [-0.15, -0.1) is 0 Å². The summed E-state index contributed by atoms with van der Waals surface area (Å²) in [6, 6.07) is 0. The molecule has 0 saturated heterocycles. The van der Waals surface area contributed by atoms with Crippen LogP contribution in [0.5, 0.6) is 0 Å². The Labute approximate surface area is 131 Å². The lowest BCUT2D eigenvalue weighted by molar-refractivity contribution is -0.0972. The van der Waals surface area contributed by atoms with Crippen molar-refractivity contribution in [2.45, 2.75) is 85.0 Å². The van der Waals surface area contributed by atoms with E-state index >= 15 is 0 Å². The quantitative estimate of drug-likeness (QED) is 0.454. The lowest BCUT2D eigenvalue weighted by atomic mass is 9.45. The average molecular weight is 287 g/mol. The van der Waals surface area contributed by atoms with E-state index in [1.165, 1.54) is 38.5 Å². The van der Waals surface area contributed by atoms with Crippen LogP contribution in [0.2, 0.25) is 0 Å². The molecule has 4 saturated carbocycles. The van der Waals surface area contributed by atoms with Crippen LogP contribution in [0.4, 0.5) is 0 Å². The van der Waals surface area contributed by atoms with Gasteiger partial charge in [0, 0.05) is 0 Å². The highest BCUT2D eigenvalue weighted by Gasteiger charge is 2.58. The molecule has 0 amide bonds. The van der Waals surface area contributed by atoms with Gasteiger partial charge >= 0.3 is 0 Å². The van der Waals surface area contributed by atoms with Crippen molar-refractivity contribution >= 4 is 0 Å². The summed E-state index contributed by atoms with van der Waals surface area (Å²) in [7, 11) is 0. The zero-order valence-electron chi connectivity index (χ0n) is 14.5. The lowest BCUT2D eigenvalue weighted by Gasteiger charge is -2.60. The van der Waals surface area contributed by atoms with Gasteiger partial charge in [0.1, 0.15) is 0 Å². The van der Waals surface area contributed by atoms with Crippen LogP contribution in [0, 0.1) is 34.5 Å². The molecule has 118 valence electrons. The molecule has 0 aromatic rings. The monoisotopic (exact) mass is 286 g/mol. The molecule has 0 spiro atoms. The molecule has 0 nitrogen and oxygen atoms in total. The third-order valence-electron chi connectivity index (χ3n) is 8.78. The van der Waals surface area contributed by atoms with E-state index in [1.807, 2.05) is 5.57 Å². The molecule has 0 aromatic carbocycles. The fourth-order valence-electron chi connectivity index (χ4n) is 7.62. The smallest absolute Gasteiger partial charge is 0.00853 e. The molecule has 0 N–H and O–H groups in total. The minimum atomic E-state index is 0.577. The van der Waals surface area contributed by atoms with Crippen molar-refractivity contribution in [2.24, 2.45) is 34.5 Å². The molecule has 0 radical (unpaired) electrons. The highest BCUT2D eigenvalue weighted by atomic mass is 14.6. The largest absolute Gasteiger partial charge is 0.0879 e. The van der Waals surface area contributed by atoms with Gasteiger partial charge in [0.2, 0.25) is 0 Å². The number of allylic oxidation sites excluding steroid dienone is 2. The maximum Gasteiger partial charge on any atom is -0.00853 e. The van der Waals surface area contributed by atoms with E-state index in [0.717, 1.165) is 23.7 Å². The highest BCUT2D eigenvalue weighted by molar-refractivity contribution is 5.23. The van der Waals surface area contributed by atoms with Gasteiger partial charge in [-0.1, -0.05) is 38.3 Å². The van der Waals surface area contributed by atoms with Gasteiger partial charge in [-0.2, -0.15) is 0 Å². The number of rotatable bonds is 0. The number of fused-ring (bicyclic) bond motifs is 5. The summed E-state index contributed by atoms with van der Waals surface area (Å²) in [4.78, 5) is 0. The molecule has 21 heavy (non-hydrogen) atoms. The predicted octanol–water partition coefficient (Wildman–Crippen LogP) is 6.37. The van der Waals surface area contributed by atoms with Crippen molar-refractivity contribution in [3.63, 3.8) is 0 Å². The van der Waals surface area contributed by atoms with Gasteiger partial charge in [-0.05, 0) is 92.8 Å². The summed E-state index contributed by atoms with van der Waals surface area (Å²) in [5.41, 5.74) is 3.09. The van der Waals surface area contributed by atoms with Crippen LogP contribution >= 0.6 is 0 Å². The van der Waals surface area contributed by atoms with Crippen molar-refractivity contribution in [1.82, 2.24) is 0 Å². The molecule has 0 heterocycles.